The highest BCUT2D eigenvalue weighted by molar-refractivity contribution is 14.1. The summed E-state index contributed by atoms with van der Waals surface area (Å²) in [4.78, 5) is 0. The number of hydrogen-bond donors (Lipinski definition) is 0. The van der Waals surface area contributed by atoms with Crippen LogP contribution in [0.5, 0.6) is 5.75 Å². The standard InChI is InChI=1S/C15H15IN2O/c1-19-11-4-2-9(3-5-11)8-18-14-12-6-10(12)7-13(14)15(16)17-18/h2-5,10,12H,6-8H2,1H3/t10-,12-/m0/s1. The molecule has 1 aromatic heterocycles. The van der Waals surface area contributed by atoms with Crippen molar-refractivity contribution in [2.45, 2.75) is 25.3 Å². The summed E-state index contributed by atoms with van der Waals surface area (Å²) in [5.41, 5.74) is 4.30. The summed E-state index contributed by atoms with van der Waals surface area (Å²) in [6, 6.07) is 8.28. The topological polar surface area (TPSA) is 27.1 Å². The smallest absolute Gasteiger partial charge is 0.126 e. The van der Waals surface area contributed by atoms with E-state index in [1.54, 1.807) is 7.11 Å². The van der Waals surface area contributed by atoms with Gasteiger partial charge in [-0.3, -0.25) is 4.68 Å². The lowest BCUT2D eigenvalue weighted by Crippen LogP contribution is -2.05. The summed E-state index contributed by atoms with van der Waals surface area (Å²) < 4.78 is 8.62. The Morgan fingerprint density at radius 3 is 2.89 bits per heavy atom. The lowest BCUT2D eigenvalue weighted by atomic mass is 10.2. The van der Waals surface area contributed by atoms with E-state index in [2.05, 4.69) is 39.4 Å². The lowest BCUT2D eigenvalue weighted by molar-refractivity contribution is 0.414. The van der Waals surface area contributed by atoms with Gasteiger partial charge in [-0.15, -0.1) is 0 Å². The molecule has 1 fully saturated rings. The Labute approximate surface area is 126 Å². The number of halogens is 1. The second-order valence-corrected chi connectivity index (χ2v) is 6.49. The average Bonchev–Trinajstić information content (AvgIpc) is 2.98. The Kier molecular flexibility index (Phi) is 2.62. The molecule has 0 saturated heterocycles. The number of nitrogens with zero attached hydrogens (tertiary/aromatic N) is 2. The Bertz CT molecular complexity index is 632. The van der Waals surface area contributed by atoms with Crippen LogP contribution in [0.15, 0.2) is 24.3 Å². The predicted octanol–water partition coefficient (Wildman–Crippen LogP) is 3.20. The molecule has 0 unspecified atom stereocenters. The quantitative estimate of drug-likeness (QED) is 0.781. The number of aromatic nitrogens is 2. The number of benzene rings is 1. The van der Waals surface area contributed by atoms with Gasteiger partial charge in [0.2, 0.25) is 0 Å². The van der Waals surface area contributed by atoms with Crippen LogP contribution in [0, 0.1) is 9.62 Å². The van der Waals surface area contributed by atoms with Crippen molar-refractivity contribution >= 4 is 22.6 Å². The summed E-state index contributed by atoms with van der Waals surface area (Å²) in [5.74, 6) is 2.62. The molecule has 19 heavy (non-hydrogen) atoms. The first-order valence-corrected chi connectivity index (χ1v) is 7.72. The van der Waals surface area contributed by atoms with E-state index in [-0.39, 0.29) is 0 Å². The van der Waals surface area contributed by atoms with Crippen LogP contribution < -0.4 is 4.74 Å². The van der Waals surface area contributed by atoms with Gasteiger partial charge in [-0.2, -0.15) is 5.10 Å². The zero-order chi connectivity index (χ0) is 13.0. The maximum atomic E-state index is 5.20. The number of rotatable bonds is 3. The summed E-state index contributed by atoms with van der Waals surface area (Å²) in [6.07, 6.45) is 2.62. The van der Waals surface area contributed by atoms with Crippen molar-refractivity contribution in [1.82, 2.24) is 9.78 Å². The second kappa shape index (κ2) is 4.23. The van der Waals surface area contributed by atoms with E-state index in [0.29, 0.717) is 0 Å². The van der Waals surface area contributed by atoms with Crippen LogP contribution in [0.4, 0.5) is 0 Å². The first-order chi connectivity index (χ1) is 9.26. The molecule has 0 N–H and O–H groups in total. The van der Waals surface area contributed by atoms with Crippen molar-refractivity contribution in [2.75, 3.05) is 7.11 Å². The molecule has 2 aliphatic rings. The molecule has 4 rings (SSSR count). The maximum absolute atomic E-state index is 5.20. The summed E-state index contributed by atoms with van der Waals surface area (Å²) in [7, 11) is 1.70. The highest BCUT2D eigenvalue weighted by atomic mass is 127. The van der Waals surface area contributed by atoms with Crippen LogP contribution in [0.1, 0.15) is 29.2 Å². The molecule has 98 valence electrons. The van der Waals surface area contributed by atoms with Gasteiger partial charge in [-0.05, 0) is 59.0 Å². The number of methoxy groups -OCH3 is 1. The Morgan fingerprint density at radius 1 is 1.37 bits per heavy atom. The third-order valence-electron chi connectivity index (χ3n) is 4.28. The van der Waals surface area contributed by atoms with Crippen molar-refractivity contribution in [3.05, 3.63) is 44.8 Å². The normalized spacial score (nSPS) is 23.1. The molecular formula is C15H15IN2O. The molecular weight excluding hydrogens is 351 g/mol. The third kappa shape index (κ3) is 1.88. The lowest BCUT2D eigenvalue weighted by Gasteiger charge is -2.07. The zero-order valence-corrected chi connectivity index (χ0v) is 12.9. The van der Waals surface area contributed by atoms with Gasteiger partial charge < -0.3 is 4.74 Å². The van der Waals surface area contributed by atoms with E-state index in [4.69, 9.17) is 9.84 Å². The highest BCUT2D eigenvalue weighted by Gasteiger charge is 2.48. The minimum atomic E-state index is 0.796. The van der Waals surface area contributed by atoms with Crippen LogP contribution >= 0.6 is 22.6 Å². The Hall–Kier alpha value is -1.04. The predicted molar refractivity (Wildman–Crippen MR) is 81.6 cm³/mol. The summed E-state index contributed by atoms with van der Waals surface area (Å²) >= 11 is 2.38. The molecule has 2 aromatic rings. The van der Waals surface area contributed by atoms with E-state index in [1.807, 2.05) is 12.1 Å². The fourth-order valence-electron chi connectivity index (χ4n) is 3.18. The molecule has 2 atom stereocenters. The molecule has 0 radical (unpaired) electrons. The molecule has 3 nitrogen and oxygen atoms in total. The van der Waals surface area contributed by atoms with Gasteiger partial charge in [-0.1, -0.05) is 12.1 Å². The maximum Gasteiger partial charge on any atom is 0.126 e. The van der Waals surface area contributed by atoms with E-state index < -0.39 is 0 Å². The zero-order valence-electron chi connectivity index (χ0n) is 10.8. The van der Waals surface area contributed by atoms with Gasteiger partial charge in [0.05, 0.1) is 13.7 Å². The first-order valence-electron chi connectivity index (χ1n) is 6.64. The number of fused-ring (bicyclic) bond motifs is 3. The molecule has 0 aliphatic heterocycles. The molecule has 2 aliphatic carbocycles. The highest BCUT2D eigenvalue weighted by Crippen LogP contribution is 2.57. The second-order valence-electron chi connectivity index (χ2n) is 5.47. The van der Waals surface area contributed by atoms with Crippen molar-refractivity contribution in [1.29, 1.82) is 0 Å². The minimum Gasteiger partial charge on any atom is -0.497 e. The van der Waals surface area contributed by atoms with Crippen molar-refractivity contribution in [3.63, 3.8) is 0 Å². The monoisotopic (exact) mass is 366 g/mol. The van der Waals surface area contributed by atoms with Crippen LogP contribution in [0.2, 0.25) is 0 Å². The first kappa shape index (κ1) is 11.8. The molecule has 1 heterocycles. The SMILES string of the molecule is COc1ccc(Cn2nc(I)c3c2[C@H]2C[C@H]2C3)cc1. The van der Waals surface area contributed by atoms with E-state index in [9.17, 15) is 0 Å². The fraction of sp³-hybridized carbons (Fsp3) is 0.400. The Balaban J connectivity index is 1.64. The van der Waals surface area contributed by atoms with Crippen LogP contribution in [0.3, 0.4) is 0 Å². The molecule has 1 aromatic carbocycles. The Morgan fingerprint density at radius 2 is 2.16 bits per heavy atom. The largest absolute Gasteiger partial charge is 0.497 e. The van der Waals surface area contributed by atoms with Gasteiger partial charge >= 0.3 is 0 Å². The van der Waals surface area contributed by atoms with Crippen molar-refractivity contribution in [2.24, 2.45) is 5.92 Å². The van der Waals surface area contributed by atoms with Crippen molar-refractivity contribution < 1.29 is 4.74 Å². The average molecular weight is 366 g/mol. The molecule has 0 amide bonds. The molecule has 1 saturated carbocycles. The fourth-order valence-corrected chi connectivity index (χ4v) is 3.94. The van der Waals surface area contributed by atoms with Gasteiger partial charge in [-0.25, -0.2) is 0 Å². The minimum absolute atomic E-state index is 0.796. The summed E-state index contributed by atoms with van der Waals surface area (Å²) in [5, 5.41) is 4.72. The van der Waals surface area contributed by atoms with Crippen LogP contribution in [-0.4, -0.2) is 16.9 Å². The summed E-state index contributed by atoms with van der Waals surface area (Å²) in [6.45, 7) is 0.874. The van der Waals surface area contributed by atoms with Crippen LogP contribution in [-0.2, 0) is 13.0 Å². The van der Waals surface area contributed by atoms with Gasteiger partial charge in [0.1, 0.15) is 9.45 Å². The molecule has 4 heteroatoms. The van der Waals surface area contributed by atoms with Gasteiger partial charge in [0.25, 0.3) is 0 Å². The third-order valence-corrected chi connectivity index (χ3v) is 5.14. The van der Waals surface area contributed by atoms with E-state index in [1.165, 1.54) is 33.4 Å². The molecule has 0 spiro atoms. The number of ether oxygens (including phenoxy) is 1. The van der Waals surface area contributed by atoms with Gasteiger partial charge in [0, 0.05) is 17.2 Å². The number of hydrogen-bond acceptors (Lipinski definition) is 2. The van der Waals surface area contributed by atoms with E-state index >= 15 is 0 Å². The van der Waals surface area contributed by atoms with Gasteiger partial charge in [0.15, 0.2) is 0 Å². The molecule has 0 bridgehead atoms. The van der Waals surface area contributed by atoms with Crippen molar-refractivity contribution in [3.8, 4) is 5.75 Å². The van der Waals surface area contributed by atoms with E-state index in [0.717, 1.165) is 24.1 Å². The van der Waals surface area contributed by atoms with Crippen LogP contribution in [0.25, 0.3) is 0 Å².